The van der Waals surface area contributed by atoms with Gasteiger partial charge in [-0.15, -0.1) is 0 Å². The Morgan fingerprint density at radius 2 is 2.05 bits per heavy atom. The number of rotatable bonds is 5. The lowest BCUT2D eigenvalue weighted by molar-refractivity contribution is 0.530. The highest BCUT2D eigenvalue weighted by Crippen LogP contribution is 2.24. The Balaban J connectivity index is 2.14. The van der Waals surface area contributed by atoms with Crippen LogP contribution in [-0.4, -0.2) is 26.4 Å². The van der Waals surface area contributed by atoms with Crippen LogP contribution in [0.25, 0.3) is 0 Å². The number of imidazole rings is 1. The second-order valence-electron chi connectivity index (χ2n) is 5.04. The van der Waals surface area contributed by atoms with Gasteiger partial charge >= 0.3 is 0 Å². The van der Waals surface area contributed by atoms with E-state index in [1.54, 1.807) is 0 Å². The van der Waals surface area contributed by atoms with E-state index in [0.29, 0.717) is 6.04 Å². The minimum atomic E-state index is 0.324. The van der Waals surface area contributed by atoms with Crippen molar-refractivity contribution in [3.05, 3.63) is 35.2 Å². The topological polar surface area (TPSA) is 47.7 Å². The zero-order valence-corrected chi connectivity index (χ0v) is 12.4. The minimum Gasteiger partial charge on any atom is -0.338 e. The zero-order valence-electron chi connectivity index (χ0n) is 12.4. The first-order valence-corrected chi connectivity index (χ1v) is 6.68. The summed E-state index contributed by atoms with van der Waals surface area (Å²) in [5.41, 5.74) is 3.66. The lowest BCUT2D eigenvalue weighted by atomic mass is 10.00. The third kappa shape index (κ3) is 2.71. The maximum atomic E-state index is 4.50. The molecule has 2 aromatic rings. The molecule has 2 heterocycles. The van der Waals surface area contributed by atoms with Gasteiger partial charge in [0, 0.05) is 50.2 Å². The molecule has 0 radical (unpaired) electrons. The first-order valence-electron chi connectivity index (χ1n) is 6.68. The molecule has 0 saturated carbocycles. The SMILES string of the molecule is CNC(CCc1nccn1C)c1c(C)nn(C)c1C. The quantitative estimate of drug-likeness (QED) is 0.890. The first kappa shape index (κ1) is 13.8. The lowest BCUT2D eigenvalue weighted by Crippen LogP contribution is -2.19. The van der Waals surface area contributed by atoms with Crippen LogP contribution in [-0.2, 0) is 20.5 Å². The van der Waals surface area contributed by atoms with Crippen LogP contribution in [0.2, 0.25) is 0 Å². The fourth-order valence-electron chi connectivity index (χ4n) is 2.64. The highest BCUT2D eigenvalue weighted by Gasteiger charge is 2.19. The predicted octanol–water partition coefficient (Wildman–Crippen LogP) is 1.66. The Hall–Kier alpha value is -1.62. The van der Waals surface area contributed by atoms with E-state index in [2.05, 4.69) is 33.8 Å². The summed E-state index contributed by atoms with van der Waals surface area (Å²) in [6.07, 6.45) is 5.83. The summed E-state index contributed by atoms with van der Waals surface area (Å²) in [5.74, 6) is 1.12. The van der Waals surface area contributed by atoms with E-state index >= 15 is 0 Å². The summed E-state index contributed by atoms with van der Waals surface area (Å²) in [7, 11) is 6.05. The van der Waals surface area contributed by atoms with E-state index in [1.165, 1.54) is 11.3 Å². The van der Waals surface area contributed by atoms with Crippen molar-refractivity contribution < 1.29 is 0 Å². The number of hydrogen-bond donors (Lipinski definition) is 1. The molecule has 5 heteroatoms. The highest BCUT2D eigenvalue weighted by atomic mass is 15.3. The van der Waals surface area contributed by atoms with Gasteiger partial charge in [0.15, 0.2) is 0 Å². The van der Waals surface area contributed by atoms with E-state index in [4.69, 9.17) is 0 Å². The monoisotopic (exact) mass is 261 g/mol. The van der Waals surface area contributed by atoms with E-state index in [9.17, 15) is 0 Å². The van der Waals surface area contributed by atoms with Crippen LogP contribution in [0.5, 0.6) is 0 Å². The van der Waals surface area contributed by atoms with Crippen LogP contribution in [0.4, 0.5) is 0 Å². The molecule has 5 nitrogen and oxygen atoms in total. The van der Waals surface area contributed by atoms with Crippen molar-refractivity contribution in [2.75, 3.05) is 7.05 Å². The van der Waals surface area contributed by atoms with Gasteiger partial charge < -0.3 is 9.88 Å². The molecule has 1 unspecified atom stereocenters. The predicted molar refractivity (Wildman–Crippen MR) is 76.0 cm³/mol. The molecule has 1 N–H and O–H groups in total. The molecule has 0 spiro atoms. The van der Waals surface area contributed by atoms with Crippen LogP contribution in [0.3, 0.4) is 0 Å². The highest BCUT2D eigenvalue weighted by molar-refractivity contribution is 5.28. The van der Waals surface area contributed by atoms with Gasteiger partial charge in [-0.05, 0) is 27.3 Å². The van der Waals surface area contributed by atoms with Gasteiger partial charge in [-0.2, -0.15) is 5.10 Å². The third-order valence-electron chi connectivity index (χ3n) is 3.84. The van der Waals surface area contributed by atoms with E-state index in [0.717, 1.165) is 24.4 Å². The second kappa shape index (κ2) is 5.57. The Morgan fingerprint density at radius 3 is 2.53 bits per heavy atom. The molecule has 0 aromatic carbocycles. The van der Waals surface area contributed by atoms with Crippen LogP contribution in [0, 0.1) is 13.8 Å². The summed E-state index contributed by atoms with van der Waals surface area (Å²) in [6, 6.07) is 0.324. The Labute approximate surface area is 114 Å². The number of nitrogens with zero attached hydrogens (tertiary/aromatic N) is 4. The zero-order chi connectivity index (χ0) is 14.0. The molecule has 0 bridgehead atoms. The summed E-state index contributed by atoms with van der Waals surface area (Å²) >= 11 is 0. The molecule has 0 aliphatic carbocycles. The standard InChI is InChI=1S/C14H23N5/c1-10-14(11(2)19(5)17-10)12(15-3)6-7-13-16-8-9-18(13)4/h8-9,12,15H,6-7H2,1-5H3. The molecule has 2 aromatic heterocycles. The third-order valence-corrected chi connectivity index (χ3v) is 3.84. The average Bonchev–Trinajstić information content (AvgIpc) is 2.88. The largest absolute Gasteiger partial charge is 0.338 e. The molecule has 19 heavy (non-hydrogen) atoms. The summed E-state index contributed by atoms with van der Waals surface area (Å²) < 4.78 is 4.03. The smallest absolute Gasteiger partial charge is 0.108 e. The van der Waals surface area contributed by atoms with E-state index < -0.39 is 0 Å². The Bertz CT molecular complexity index is 552. The number of hydrogen-bond acceptors (Lipinski definition) is 3. The number of aromatic nitrogens is 4. The second-order valence-corrected chi connectivity index (χ2v) is 5.04. The number of nitrogens with one attached hydrogen (secondary N) is 1. The van der Waals surface area contributed by atoms with E-state index in [1.807, 2.05) is 38.2 Å². The molecule has 104 valence electrons. The number of aryl methyl sites for hydroxylation is 4. The summed E-state index contributed by atoms with van der Waals surface area (Å²) in [6.45, 7) is 4.20. The summed E-state index contributed by atoms with van der Waals surface area (Å²) in [4.78, 5) is 4.38. The van der Waals surface area contributed by atoms with Gasteiger partial charge in [0.2, 0.25) is 0 Å². The van der Waals surface area contributed by atoms with Crippen molar-refractivity contribution in [3.63, 3.8) is 0 Å². The molecular weight excluding hydrogens is 238 g/mol. The first-order chi connectivity index (χ1) is 9.04. The normalized spacial score (nSPS) is 12.9. The minimum absolute atomic E-state index is 0.324. The maximum Gasteiger partial charge on any atom is 0.108 e. The molecule has 0 aliphatic heterocycles. The fraction of sp³-hybridized carbons (Fsp3) is 0.571. The molecular formula is C14H23N5. The van der Waals surface area contributed by atoms with Crippen LogP contribution in [0.15, 0.2) is 12.4 Å². The van der Waals surface area contributed by atoms with Gasteiger partial charge in [-0.25, -0.2) is 4.98 Å². The molecule has 0 fully saturated rings. The Kier molecular flexibility index (Phi) is 4.04. The molecule has 0 aliphatic rings. The van der Waals surface area contributed by atoms with Crippen LogP contribution in [0.1, 0.15) is 35.2 Å². The van der Waals surface area contributed by atoms with Gasteiger partial charge in [0.1, 0.15) is 5.82 Å². The van der Waals surface area contributed by atoms with Crippen molar-refractivity contribution in [3.8, 4) is 0 Å². The Morgan fingerprint density at radius 1 is 1.32 bits per heavy atom. The van der Waals surface area contributed by atoms with Gasteiger partial charge in [-0.3, -0.25) is 4.68 Å². The van der Waals surface area contributed by atoms with Crippen molar-refractivity contribution in [2.45, 2.75) is 32.7 Å². The van der Waals surface area contributed by atoms with Crippen molar-refractivity contribution in [2.24, 2.45) is 14.1 Å². The van der Waals surface area contributed by atoms with Crippen molar-refractivity contribution in [1.29, 1.82) is 0 Å². The van der Waals surface area contributed by atoms with Gasteiger partial charge in [0.25, 0.3) is 0 Å². The van der Waals surface area contributed by atoms with Gasteiger partial charge in [0.05, 0.1) is 5.69 Å². The average molecular weight is 261 g/mol. The van der Waals surface area contributed by atoms with Crippen molar-refractivity contribution in [1.82, 2.24) is 24.6 Å². The molecule has 2 rings (SSSR count). The maximum absolute atomic E-state index is 4.50. The van der Waals surface area contributed by atoms with E-state index in [-0.39, 0.29) is 0 Å². The molecule has 0 amide bonds. The molecule has 1 atom stereocenters. The lowest BCUT2D eigenvalue weighted by Gasteiger charge is -2.17. The van der Waals surface area contributed by atoms with Crippen molar-refractivity contribution >= 4 is 0 Å². The van der Waals surface area contributed by atoms with Crippen LogP contribution >= 0.6 is 0 Å². The summed E-state index contributed by atoms with van der Waals surface area (Å²) in [5, 5.41) is 7.90. The van der Waals surface area contributed by atoms with Gasteiger partial charge in [-0.1, -0.05) is 0 Å². The fourth-order valence-corrected chi connectivity index (χ4v) is 2.64. The van der Waals surface area contributed by atoms with Crippen LogP contribution < -0.4 is 5.32 Å². The molecule has 0 saturated heterocycles.